The minimum absolute atomic E-state index is 0.299. The SMILES string of the molecule is CC(C)NC[C@H](O)COc1cccc2ccccc12.CC(C)NC[C@H](O)COc1cccc2ccccc12.CC(C)NC[C@H](O)COc1cccc2ccccc12. The summed E-state index contributed by atoms with van der Waals surface area (Å²) in [5, 5.41) is 45.8. The molecule has 9 nitrogen and oxygen atoms in total. The normalized spacial score (nSPS) is 12.8. The molecule has 3 atom stereocenters. The Hall–Kier alpha value is -4.74. The van der Waals surface area contributed by atoms with Gasteiger partial charge in [0.1, 0.15) is 55.4 Å². The van der Waals surface area contributed by atoms with Gasteiger partial charge in [-0.15, -0.1) is 0 Å². The Balaban J connectivity index is 0.000000189. The molecule has 0 amide bonds. The number of ether oxygens (including phenoxy) is 3. The van der Waals surface area contributed by atoms with Gasteiger partial charge in [-0.3, -0.25) is 0 Å². The molecule has 0 bridgehead atoms. The van der Waals surface area contributed by atoms with Gasteiger partial charge in [-0.2, -0.15) is 0 Å². The maximum absolute atomic E-state index is 9.84. The van der Waals surface area contributed by atoms with Crippen molar-refractivity contribution in [2.75, 3.05) is 39.5 Å². The van der Waals surface area contributed by atoms with Crippen molar-refractivity contribution in [1.82, 2.24) is 16.0 Å². The van der Waals surface area contributed by atoms with Gasteiger partial charge in [-0.05, 0) is 34.4 Å². The van der Waals surface area contributed by atoms with E-state index in [2.05, 4.69) is 93.9 Å². The van der Waals surface area contributed by atoms with Crippen molar-refractivity contribution in [3.63, 3.8) is 0 Å². The maximum atomic E-state index is 9.84. The molecule has 0 fully saturated rings. The average molecular weight is 778 g/mol. The van der Waals surface area contributed by atoms with E-state index in [1.807, 2.05) is 91.0 Å². The highest BCUT2D eigenvalue weighted by atomic mass is 16.5. The fourth-order valence-corrected chi connectivity index (χ4v) is 5.81. The first kappa shape index (κ1) is 45.0. The van der Waals surface area contributed by atoms with Crippen LogP contribution in [-0.4, -0.2) is 91.2 Å². The lowest BCUT2D eigenvalue weighted by Gasteiger charge is -2.15. The lowest BCUT2D eigenvalue weighted by molar-refractivity contribution is 0.105. The number of hydrogen-bond donors (Lipinski definition) is 6. The van der Waals surface area contributed by atoms with Gasteiger partial charge in [0.2, 0.25) is 0 Å². The monoisotopic (exact) mass is 777 g/mol. The summed E-state index contributed by atoms with van der Waals surface area (Å²) in [4.78, 5) is 0. The molecule has 0 aliphatic rings. The molecule has 0 aliphatic heterocycles. The molecule has 57 heavy (non-hydrogen) atoms. The summed E-state index contributed by atoms with van der Waals surface area (Å²) in [5.41, 5.74) is 0. The van der Waals surface area contributed by atoms with Crippen LogP contribution in [0.15, 0.2) is 127 Å². The molecule has 0 heterocycles. The Morgan fingerprint density at radius 3 is 0.877 bits per heavy atom. The zero-order valence-corrected chi connectivity index (χ0v) is 34.4. The standard InChI is InChI=1S/3C16H21NO2/c3*1-12(2)17-10-14(18)11-19-16-9-5-7-13-6-3-4-8-15(13)16/h3*3-9,12,14,17-18H,10-11H2,1-2H3/t3*14-/m000/s1. The van der Waals surface area contributed by atoms with Crippen LogP contribution in [0.5, 0.6) is 17.2 Å². The molecule has 0 unspecified atom stereocenters. The van der Waals surface area contributed by atoms with Crippen LogP contribution in [-0.2, 0) is 0 Å². The van der Waals surface area contributed by atoms with E-state index < -0.39 is 18.3 Å². The summed E-state index contributed by atoms with van der Waals surface area (Å²) in [5.74, 6) is 2.46. The highest BCUT2D eigenvalue weighted by Crippen LogP contribution is 2.27. The molecular weight excluding hydrogens is 715 g/mol. The van der Waals surface area contributed by atoms with Crippen LogP contribution in [0, 0.1) is 0 Å². The molecule has 6 rings (SSSR count). The summed E-state index contributed by atoms with van der Waals surface area (Å²) in [6, 6.07) is 43.2. The van der Waals surface area contributed by atoms with Crippen LogP contribution in [0.4, 0.5) is 0 Å². The van der Waals surface area contributed by atoms with Gasteiger partial charge in [-0.1, -0.05) is 151 Å². The van der Waals surface area contributed by atoms with Crippen molar-refractivity contribution in [2.45, 2.75) is 78.0 Å². The second kappa shape index (κ2) is 24.1. The Labute approximate surface area is 339 Å². The Morgan fingerprint density at radius 1 is 0.368 bits per heavy atom. The fraction of sp³-hybridized carbons (Fsp3) is 0.375. The highest BCUT2D eigenvalue weighted by Gasteiger charge is 2.10. The Bertz CT molecular complexity index is 1790. The van der Waals surface area contributed by atoms with E-state index in [0.717, 1.165) is 49.6 Å². The van der Waals surface area contributed by atoms with E-state index in [1.165, 1.54) is 0 Å². The van der Waals surface area contributed by atoms with Gasteiger partial charge in [-0.25, -0.2) is 0 Å². The quantitative estimate of drug-likeness (QED) is 0.0521. The van der Waals surface area contributed by atoms with E-state index in [9.17, 15) is 15.3 Å². The maximum Gasteiger partial charge on any atom is 0.127 e. The number of fused-ring (bicyclic) bond motifs is 3. The molecule has 0 saturated carbocycles. The zero-order valence-electron chi connectivity index (χ0n) is 34.4. The van der Waals surface area contributed by atoms with Gasteiger partial charge in [0, 0.05) is 53.9 Å². The van der Waals surface area contributed by atoms with Crippen LogP contribution < -0.4 is 30.2 Å². The highest BCUT2D eigenvalue weighted by molar-refractivity contribution is 5.89. The van der Waals surface area contributed by atoms with Crippen molar-refractivity contribution in [1.29, 1.82) is 0 Å². The Morgan fingerprint density at radius 2 is 0.614 bits per heavy atom. The van der Waals surface area contributed by atoms with E-state index in [1.54, 1.807) is 0 Å². The molecule has 0 aliphatic carbocycles. The summed E-state index contributed by atoms with van der Waals surface area (Å²) >= 11 is 0. The molecule has 0 spiro atoms. The predicted molar refractivity (Wildman–Crippen MR) is 236 cm³/mol. The van der Waals surface area contributed by atoms with Crippen LogP contribution in [0.1, 0.15) is 41.5 Å². The van der Waals surface area contributed by atoms with Crippen LogP contribution in [0.2, 0.25) is 0 Å². The van der Waals surface area contributed by atoms with Crippen molar-refractivity contribution < 1.29 is 29.5 Å². The Kier molecular flexibility index (Phi) is 19.0. The molecular formula is C48H63N3O6. The van der Waals surface area contributed by atoms with Crippen LogP contribution >= 0.6 is 0 Å². The lowest BCUT2D eigenvalue weighted by Crippen LogP contribution is -2.35. The largest absolute Gasteiger partial charge is 0.490 e. The molecule has 0 aromatic heterocycles. The zero-order chi connectivity index (χ0) is 41.0. The van der Waals surface area contributed by atoms with Crippen molar-refractivity contribution in [3.05, 3.63) is 127 Å². The van der Waals surface area contributed by atoms with Crippen molar-refractivity contribution >= 4 is 32.3 Å². The number of nitrogens with one attached hydrogen (secondary N) is 3. The third-order valence-electron chi connectivity index (χ3n) is 8.83. The number of rotatable bonds is 18. The van der Waals surface area contributed by atoms with E-state index in [4.69, 9.17) is 14.2 Å². The van der Waals surface area contributed by atoms with Gasteiger partial charge < -0.3 is 45.5 Å². The molecule has 6 aromatic carbocycles. The summed E-state index contributed by atoms with van der Waals surface area (Å²) < 4.78 is 17.2. The second-order valence-electron chi connectivity index (χ2n) is 15.0. The number of benzene rings is 6. The fourth-order valence-electron chi connectivity index (χ4n) is 5.81. The summed E-state index contributed by atoms with van der Waals surface area (Å²) in [6.07, 6.45) is -1.50. The number of aliphatic hydroxyl groups excluding tert-OH is 3. The van der Waals surface area contributed by atoms with E-state index in [-0.39, 0.29) is 0 Å². The summed E-state index contributed by atoms with van der Waals surface area (Å²) in [6.45, 7) is 14.9. The number of hydrogen-bond acceptors (Lipinski definition) is 9. The predicted octanol–water partition coefficient (Wildman–Crippen LogP) is 7.73. The first-order valence-corrected chi connectivity index (χ1v) is 20.1. The van der Waals surface area contributed by atoms with Gasteiger partial charge >= 0.3 is 0 Å². The minimum atomic E-state index is -0.499. The first-order chi connectivity index (χ1) is 27.5. The van der Waals surface area contributed by atoms with E-state index in [0.29, 0.717) is 57.6 Å². The van der Waals surface area contributed by atoms with Crippen molar-refractivity contribution in [3.8, 4) is 17.2 Å². The van der Waals surface area contributed by atoms with Crippen LogP contribution in [0.3, 0.4) is 0 Å². The lowest BCUT2D eigenvalue weighted by atomic mass is 10.1. The molecule has 306 valence electrons. The molecule has 0 radical (unpaired) electrons. The van der Waals surface area contributed by atoms with Crippen LogP contribution in [0.25, 0.3) is 32.3 Å². The molecule has 0 saturated heterocycles. The topological polar surface area (TPSA) is 124 Å². The number of aliphatic hydroxyl groups is 3. The van der Waals surface area contributed by atoms with E-state index >= 15 is 0 Å². The van der Waals surface area contributed by atoms with Crippen molar-refractivity contribution in [2.24, 2.45) is 0 Å². The third kappa shape index (κ3) is 16.0. The first-order valence-electron chi connectivity index (χ1n) is 20.1. The third-order valence-corrected chi connectivity index (χ3v) is 8.83. The van der Waals surface area contributed by atoms with Gasteiger partial charge in [0.25, 0.3) is 0 Å². The summed E-state index contributed by atoms with van der Waals surface area (Å²) in [7, 11) is 0. The minimum Gasteiger partial charge on any atom is -0.490 e. The van der Waals surface area contributed by atoms with Gasteiger partial charge in [0.05, 0.1) is 0 Å². The smallest absolute Gasteiger partial charge is 0.127 e. The van der Waals surface area contributed by atoms with Gasteiger partial charge in [0.15, 0.2) is 0 Å². The molecule has 6 aromatic rings. The molecule has 9 heteroatoms. The molecule has 6 N–H and O–H groups in total. The average Bonchev–Trinajstić information content (AvgIpc) is 3.22. The second-order valence-corrected chi connectivity index (χ2v) is 15.0.